The highest BCUT2D eigenvalue weighted by Crippen LogP contribution is 2.28. The van der Waals surface area contributed by atoms with E-state index >= 15 is 0 Å². The summed E-state index contributed by atoms with van der Waals surface area (Å²) in [5, 5.41) is 10.4. The summed E-state index contributed by atoms with van der Waals surface area (Å²) in [6.45, 7) is 5.67. The molecule has 0 spiro atoms. The van der Waals surface area contributed by atoms with Gasteiger partial charge in [-0.2, -0.15) is 0 Å². The maximum Gasteiger partial charge on any atom is 0.121 e. The van der Waals surface area contributed by atoms with E-state index in [0.717, 1.165) is 11.1 Å². The van der Waals surface area contributed by atoms with E-state index in [4.69, 9.17) is 17.3 Å². The lowest BCUT2D eigenvalue weighted by Gasteiger charge is -2.19. The molecule has 0 fully saturated rings. The van der Waals surface area contributed by atoms with Crippen LogP contribution in [0.4, 0.5) is 0 Å². The zero-order valence-corrected chi connectivity index (χ0v) is 9.52. The molecule has 3 heteroatoms. The van der Waals surface area contributed by atoms with E-state index in [2.05, 4.69) is 0 Å². The first-order valence-electron chi connectivity index (χ1n) is 4.56. The van der Waals surface area contributed by atoms with Crippen LogP contribution in [0.2, 0.25) is 5.02 Å². The number of aryl methyl sites for hydroxylation is 1. The van der Waals surface area contributed by atoms with Gasteiger partial charge in [-0.15, -0.1) is 0 Å². The molecule has 0 aliphatic heterocycles. The molecule has 14 heavy (non-hydrogen) atoms. The molecule has 0 atom stereocenters. The SMILES string of the molecule is Cc1cc(Cl)cc(CC(C)(C)N)c1O. The van der Waals surface area contributed by atoms with Crippen molar-refractivity contribution in [1.29, 1.82) is 0 Å². The fourth-order valence-electron chi connectivity index (χ4n) is 1.43. The molecule has 0 radical (unpaired) electrons. The number of nitrogens with two attached hydrogens (primary N) is 1. The first-order valence-corrected chi connectivity index (χ1v) is 4.94. The Hall–Kier alpha value is -0.730. The van der Waals surface area contributed by atoms with Crippen LogP contribution in [0.3, 0.4) is 0 Å². The van der Waals surface area contributed by atoms with Crippen molar-refractivity contribution in [2.45, 2.75) is 32.7 Å². The molecule has 0 aromatic heterocycles. The Bertz CT molecular complexity index is 342. The van der Waals surface area contributed by atoms with E-state index in [0.29, 0.717) is 17.2 Å². The fourth-order valence-corrected chi connectivity index (χ4v) is 1.73. The van der Waals surface area contributed by atoms with Crippen LogP contribution in [0, 0.1) is 6.92 Å². The van der Waals surface area contributed by atoms with Gasteiger partial charge in [-0.3, -0.25) is 0 Å². The molecule has 2 nitrogen and oxygen atoms in total. The highest BCUT2D eigenvalue weighted by molar-refractivity contribution is 6.30. The third kappa shape index (κ3) is 2.89. The lowest BCUT2D eigenvalue weighted by Crippen LogP contribution is -2.34. The molecule has 1 aromatic carbocycles. The second kappa shape index (κ2) is 3.79. The highest BCUT2D eigenvalue weighted by atomic mass is 35.5. The molecule has 78 valence electrons. The fraction of sp³-hybridized carbons (Fsp3) is 0.455. The molecule has 3 N–H and O–H groups in total. The quantitative estimate of drug-likeness (QED) is 0.794. The van der Waals surface area contributed by atoms with Crippen molar-refractivity contribution in [3.8, 4) is 5.75 Å². The van der Waals surface area contributed by atoms with E-state index < -0.39 is 0 Å². The van der Waals surface area contributed by atoms with Crippen LogP contribution in [-0.2, 0) is 6.42 Å². The minimum atomic E-state index is -0.339. The number of halogens is 1. The normalized spacial score (nSPS) is 11.8. The monoisotopic (exact) mass is 213 g/mol. The van der Waals surface area contributed by atoms with Crippen molar-refractivity contribution in [3.63, 3.8) is 0 Å². The molecule has 0 saturated carbocycles. The lowest BCUT2D eigenvalue weighted by atomic mass is 9.94. The molecule has 1 rings (SSSR count). The first kappa shape index (κ1) is 11.3. The van der Waals surface area contributed by atoms with Crippen LogP contribution in [0.1, 0.15) is 25.0 Å². The summed E-state index contributed by atoms with van der Waals surface area (Å²) in [7, 11) is 0. The third-order valence-electron chi connectivity index (χ3n) is 1.99. The van der Waals surface area contributed by atoms with Crippen molar-refractivity contribution in [2.24, 2.45) is 5.73 Å². The zero-order valence-electron chi connectivity index (χ0n) is 8.76. The van der Waals surface area contributed by atoms with Gasteiger partial charge in [-0.25, -0.2) is 0 Å². The van der Waals surface area contributed by atoms with Crippen LogP contribution < -0.4 is 5.73 Å². The summed E-state index contributed by atoms with van der Waals surface area (Å²) in [6.07, 6.45) is 0.611. The second-order valence-corrected chi connectivity index (χ2v) is 4.83. The summed E-state index contributed by atoms with van der Waals surface area (Å²) < 4.78 is 0. The molecule has 0 aliphatic rings. The topological polar surface area (TPSA) is 46.2 Å². The van der Waals surface area contributed by atoms with Gasteiger partial charge in [0, 0.05) is 10.6 Å². The Morgan fingerprint density at radius 2 is 2.00 bits per heavy atom. The Morgan fingerprint density at radius 1 is 1.43 bits per heavy atom. The summed E-state index contributed by atoms with van der Waals surface area (Å²) in [6, 6.07) is 3.50. The summed E-state index contributed by atoms with van der Waals surface area (Å²) >= 11 is 5.90. The summed E-state index contributed by atoms with van der Waals surface area (Å²) in [5.74, 6) is 0.299. The van der Waals surface area contributed by atoms with Crippen molar-refractivity contribution < 1.29 is 5.11 Å². The molecule has 0 heterocycles. The molecule has 0 aliphatic carbocycles. The summed E-state index contributed by atoms with van der Waals surface area (Å²) in [5.41, 5.74) is 7.14. The maximum atomic E-state index is 9.77. The predicted octanol–water partition coefficient (Wildman–Crippen LogP) is 2.63. The molecule has 0 saturated heterocycles. The summed E-state index contributed by atoms with van der Waals surface area (Å²) in [4.78, 5) is 0. The Balaban J connectivity index is 3.09. The van der Waals surface area contributed by atoms with E-state index in [1.807, 2.05) is 20.8 Å². The van der Waals surface area contributed by atoms with Gasteiger partial charge in [0.25, 0.3) is 0 Å². The van der Waals surface area contributed by atoms with Gasteiger partial charge in [0.05, 0.1) is 0 Å². The predicted molar refractivity (Wildman–Crippen MR) is 59.8 cm³/mol. The van der Waals surface area contributed by atoms with E-state index in [-0.39, 0.29) is 5.54 Å². The van der Waals surface area contributed by atoms with Crippen molar-refractivity contribution in [2.75, 3.05) is 0 Å². The first-order chi connectivity index (χ1) is 6.29. The Morgan fingerprint density at radius 3 is 2.50 bits per heavy atom. The highest BCUT2D eigenvalue weighted by Gasteiger charge is 2.15. The number of rotatable bonds is 2. The molecule has 0 bridgehead atoms. The van der Waals surface area contributed by atoms with Gasteiger partial charge in [0.2, 0.25) is 0 Å². The van der Waals surface area contributed by atoms with E-state index in [9.17, 15) is 5.11 Å². The van der Waals surface area contributed by atoms with E-state index in [1.54, 1.807) is 12.1 Å². The molecule has 0 unspecified atom stereocenters. The molecular formula is C11H16ClNO. The van der Waals surface area contributed by atoms with Gasteiger partial charge >= 0.3 is 0 Å². The van der Waals surface area contributed by atoms with Crippen molar-refractivity contribution in [1.82, 2.24) is 0 Å². The average molecular weight is 214 g/mol. The second-order valence-electron chi connectivity index (χ2n) is 4.40. The Labute approximate surface area is 89.7 Å². The van der Waals surface area contributed by atoms with Crippen molar-refractivity contribution >= 4 is 11.6 Å². The van der Waals surface area contributed by atoms with Crippen LogP contribution in [0.25, 0.3) is 0 Å². The number of hydrogen-bond acceptors (Lipinski definition) is 2. The Kier molecular flexibility index (Phi) is 3.07. The van der Waals surface area contributed by atoms with Gasteiger partial charge in [-0.05, 0) is 50.5 Å². The van der Waals surface area contributed by atoms with Crippen LogP contribution in [-0.4, -0.2) is 10.6 Å². The third-order valence-corrected chi connectivity index (χ3v) is 2.21. The number of phenolic OH excluding ortho intramolecular Hbond substituents is 1. The van der Waals surface area contributed by atoms with Gasteiger partial charge < -0.3 is 10.8 Å². The molecule has 0 amide bonds. The molecular weight excluding hydrogens is 198 g/mol. The number of phenols is 1. The smallest absolute Gasteiger partial charge is 0.121 e. The van der Waals surface area contributed by atoms with Crippen LogP contribution >= 0.6 is 11.6 Å². The standard InChI is InChI=1S/C11H16ClNO/c1-7-4-9(12)5-8(10(7)14)6-11(2,3)13/h4-5,14H,6,13H2,1-3H3. The average Bonchev–Trinajstić information content (AvgIpc) is 1.96. The minimum Gasteiger partial charge on any atom is -0.507 e. The largest absolute Gasteiger partial charge is 0.507 e. The number of aromatic hydroxyl groups is 1. The van der Waals surface area contributed by atoms with Crippen molar-refractivity contribution in [3.05, 3.63) is 28.3 Å². The van der Waals surface area contributed by atoms with Gasteiger partial charge in [-0.1, -0.05) is 11.6 Å². The maximum absolute atomic E-state index is 9.77. The van der Waals surface area contributed by atoms with Gasteiger partial charge in [0.1, 0.15) is 5.75 Å². The minimum absolute atomic E-state index is 0.299. The number of hydrogen-bond donors (Lipinski definition) is 2. The van der Waals surface area contributed by atoms with E-state index in [1.165, 1.54) is 0 Å². The van der Waals surface area contributed by atoms with Crippen LogP contribution in [0.5, 0.6) is 5.75 Å². The number of benzene rings is 1. The lowest BCUT2D eigenvalue weighted by molar-refractivity contribution is 0.446. The zero-order chi connectivity index (χ0) is 10.9. The van der Waals surface area contributed by atoms with Gasteiger partial charge in [0.15, 0.2) is 0 Å². The molecule has 1 aromatic rings. The van der Waals surface area contributed by atoms with Crippen LogP contribution in [0.15, 0.2) is 12.1 Å².